The maximum Gasteiger partial charge on any atom is 0.323 e. The molecule has 118 valence electrons. The van der Waals surface area contributed by atoms with Gasteiger partial charge >= 0.3 is 6.03 Å². The van der Waals surface area contributed by atoms with Gasteiger partial charge in [-0.05, 0) is 42.5 Å². The quantitative estimate of drug-likeness (QED) is 0.695. The third-order valence-electron chi connectivity index (χ3n) is 2.87. The highest BCUT2D eigenvalue weighted by Gasteiger charge is 2.05. The average molecular weight is 312 g/mol. The summed E-state index contributed by atoms with van der Waals surface area (Å²) in [5, 5.41) is 7.91. The second kappa shape index (κ2) is 7.08. The van der Waals surface area contributed by atoms with Crippen LogP contribution in [-0.4, -0.2) is 17.8 Å². The minimum absolute atomic E-state index is 0.193. The Morgan fingerprint density at radius 1 is 0.826 bits per heavy atom. The van der Waals surface area contributed by atoms with E-state index in [0.717, 1.165) is 0 Å². The normalized spacial score (nSPS) is 9.78. The van der Waals surface area contributed by atoms with Crippen molar-refractivity contribution in [1.82, 2.24) is 0 Å². The van der Waals surface area contributed by atoms with Crippen molar-refractivity contribution < 1.29 is 14.4 Å². The SMILES string of the molecule is CC(=O)Nc1cccc(NC(=O)Nc2ccc(C(N)=O)cc2)c1. The van der Waals surface area contributed by atoms with E-state index in [9.17, 15) is 14.4 Å². The number of nitrogens with two attached hydrogens (primary N) is 1. The minimum atomic E-state index is -0.532. The molecule has 0 heterocycles. The molecule has 2 aromatic rings. The van der Waals surface area contributed by atoms with Crippen molar-refractivity contribution in [1.29, 1.82) is 0 Å². The van der Waals surface area contributed by atoms with Gasteiger partial charge in [0, 0.05) is 29.5 Å². The molecule has 23 heavy (non-hydrogen) atoms. The van der Waals surface area contributed by atoms with Crippen molar-refractivity contribution in [2.24, 2.45) is 5.73 Å². The van der Waals surface area contributed by atoms with Gasteiger partial charge in [0.2, 0.25) is 11.8 Å². The number of rotatable bonds is 4. The smallest absolute Gasteiger partial charge is 0.323 e. The molecule has 0 bridgehead atoms. The fraction of sp³-hybridized carbons (Fsp3) is 0.0625. The van der Waals surface area contributed by atoms with Crippen LogP contribution in [0.4, 0.5) is 21.9 Å². The molecule has 7 nitrogen and oxygen atoms in total. The summed E-state index contributed by atoms with van der Waals surface area (Å²) in [6.45, 7) is 1.41. The van der Waals surface area contributed by atoms with E-state index in [1.165, 1.54) is 19.1 Å². The molecule has 2 aromatic carbocycles. The van der Waals surface area contributed by atoms with Gasteiger partial charge in [-0.25, -0.2) is 4.79 Å². The zero-order chi connectivity index (χ0) is 16.8. The lowest BCUT2D eigenvalue weighted by atomic mass is 10.2. The molecule has 0 saturated heterocycles. The Kier molecular flexibility index (Phi) is 4.93. The van der Waals surface area contributed by atoms with Gasteiger partial charge in [-0.3, -0.25) is 9.59 Å². The van der Waals surface area contributed by atoms with Crippen molar-refractivity contribution in [2.75, 3.05) is 16.0 Å². The predicted molar refractivity (Wildman–Crippen MR) is 88.3 cm³/mol. The molecule has 0 aromatic heterocycles. The molecule has 5 N–H and O–H groups in total. The number of primary amides is 1. The summed E-state index contributed by atoms with van der Waals surface area (Å²) in [4.78, 5) is 33.9. The Labute approximate surface area is 132 Å². The number of anilines is 3. The first-order valence-electron chi connectivity index (χ1n) is 6.79. The average Bonchev–Trinajstić information content (AvgIpc) is 2.47. The highest BCUT2D eigenvalue weighted by Crippen LogP contribution is 2.16. The van der Waals surface area contributed by atoms with E-state index in [-0.39, 0.29) is 5.91 Å². The first-order chi connectivity index (χ1) is 10.9. The Bertz CT molecular complexity index is 741. The van der Waals surface area contributed by atoms with Gasteiger partial charge in [0.25, 0.3) is 0 Å². The summed E-state index contributed by atoms with van der Waals surface area (Å²) in [7, 11) is 0. The first-order valence-corrected chi connectivity index (χ1v) is 6.79. The molecule has 4 amide bonds. The maximum absolute atomic E-state index is 11.9. The van der Waals surface area contributed by atoms with Crippen LogP contribution in [0, 0.1) is 0 Å². The van der Waals surface area contributed by atoms with E-state index in [0.29, 0.717) is 22.6 Å². The number of carbonyl (C=O) groups excluding carboxylic acids is 3. The van der Waals surface area contributed by atoms with E-state index in [4.69, 9.17) is 5.73 Å². The van der Waals surface area contributed by atoms with E-state index in [2.05, 4.69) is 16.0 Å². The third kappa shape index (κ3) is 4.85. The number of hydrogen-bond donors (Lipinski definition) is 4. The number of carbonyl (C=O) groups is 3. The van der Waals surface area contributed by atoms with Crippen LogP contribution in [-0.2, 0) is 4.79 Å². The van der Waals surface area contributed by atoms with Crippen LogP contribution < -0.4 is 21.7 Å². The summed E-state index contributed by atoms with van der Waals surface area (Å²) in [5.74, 6) is -0.725. The third-order valence-corrected chi connectivity index (χ3v) is 2.87. The van der Waals surface area contributed by atoms with Gasteiger partial charge < -0.3 is 21.7 Å². The standard InChI is InChI=1S/C16H16N4O3/c1-10(21)18-13-3-2-4-14(9-13)20-16(23)19-12-7-5-11(6-8-12)15(17)22/h2-9H,1H3,(H2,17,22)(H,18,21)(H2,19,20,23). The maximum atomic E-state index is 11.9. The number of benzene rings is 2. The Morgan fingerprint density at radius 3 is 1.96 bits per heavy atom. The van der Waals surface area contributed by atoms with Crippen LogP contribution in [0.25, 0.3) is 0 Å². The van der Waals surface area contributed by atoms with Crippen LogP contribution >= 0.6 is 0 Å². The predicted octanol–water partition coefficient (Wildman–Crippen LogP) is 2.39. The number of amides is 4. The van der Waals surface area contributed by atoms with Gasteiger partial charge in [0.1, 0.15) is 0 Å². The molecule has 0 aliphatic heterocycles. The van der Waals surface area contributed by atoms with E-state index in [1.807, 2.05) is 0 Å². The van der Waals surface area contributed by atoms with Gasteiger partial charge in [0.15, 0.2) is 0 Å². The molecule has 0 radical (unpaired) electrons. The van der Waals surface area contributed by atoms with Gasteiger partial charge in [-0.15, -0.1) is 0 Å². The highest BCUT2D eigenvalue weighted by molar-refractivity contribution is 6.01. The summed E-state index contributed by atoms with van der Waals surface area (Å²) in [5.41, 5.74) is 7.14. The lowest BCUT2D eigenvalue weighted by molar-refractivity contribution is -0.114. The lowest BCUT2D eigenvalue weighted by Crippen LogP contribution is -2.19. The second-order valence-electron chi connectivity index (χ2n) is 4.78. The topological polar surface area (TPSA) is 113 Å². The Morgan fingerprint density at radius 2 is 1.39 bits per heavy atom. The molecule has 0 aliphatic carbocycles. The first kappa shape index (κ1) is 16.0. The number of urea groups is 1. The lowest BCUT2D eigenvalue weighted by Gasteiger charge is -2.09. The molecule has 0 unspecified atom stereocenters. The van der Waals surface area contributed by atoms with Crippen LogP contribution in [0.1, 0.15) is 17.3 Å². The Balaban J connectivity index is 1.99. The zero-order valence-corrected chi connectivity index (χ0v) is 12.4. The van der Waals surface area contributed by atoms with Crippen molar-refractivity contribution in [3.63, 3.8) is 0 Å². The van der Waals surface area contributed by atoms with E-state index < -0.39 is 11.9 Å². The molecule has 7 heteroatoms. The molecular weight excluding hydrogens is 296 g/mol. The minimum Gasteiger partial charge on any atom is -0.366 e. The number of hydrogen-bond acceptors (Lipinski definition) is 3. The highest BCUT2D eigenvalue weighted by atomic mass is 16.2. The van der Waals surface area contributed by atoms with Crippen LogP contribution in [0.5, 0.6) is 0 Å². The summed E-state index contributed by atoms with van der Waals surface area (Å²) in [6.07, 6.45) is 0. The molecule has 0 atom stereocenters. The van der Waals surface area contributed by atoms with E-state index in [1.54, 1.807) is 36.4 Å². The molecule has 0 spiro atoms. The zero-order valence-electron chi connectivity index (χ0n) is 12.4. The largest absolute Gasteiger partial charge is 0.366 e. The second-order valence-corrected chi connectivity index (χ2v) is 4.78. The molecule has 0 saturated carbocycles. The molecule has 0 fully saturated rings. The van der Waals surface area contributed by atoms with Crippen LogP contribution in [0.15, 0.2) is 48.5 Å². The van der Waals surface area contributed by atoms with Crippen molar-refractivity contribution in [2.45, 2.75) is 6.92 Å². The molecule has 2 rings (SSSR count). The molecular formula is C16H16N4O3. The fourth-order valence-corrected chi connectivity index (χ4v) is 1.89. The summed E-state index contributed by atoms with van der Waals surface area (Å²) < 4.78 is 0. The van der Waals surface area contributed by atoms with Gasteiger partial charge in [-0.1, -0.05) is 6.07 Å². The van der Waals surface area contributed by atoms with Gasteiger partial charge in [-0.2, -0.15) is 0 Å². The van der Waals surface area contributed by atoms with Crippen molar-refractivity contribution in [3.8, 4) is 0 Å². The van der Waals surface area contributed by atoms with Gasteiger partial charge in [0.05, 0.1) is 0 Å². The number of nitrogens with one attached hydrogen (secondary N) is 3. The monoisotopic (exact) mass is 312 g/mol. The van der Waals surface area contributed by atoms with E-state index >= 15 is 0 Å². The van der Waals surface area contributed by atoms with Crippen LogP contribution in [0.2, 0.25) is 0 Å². The van der Waals surface area contributed by atoms with Crippen LogP contribution in [0.3, 0.4) is 0 Å². The Hall–Kier alpha value is -3.35. The summed E-state index contributed by atoms with van der Waals surface area (Å²) >= 11 is 0. The fourth-order valence-electron chi connectivity index (χ4n) is 1.89. The molecule has 0 aliphatic rings. The summed E-state index contributed by atoms with van der Waals surface area (Å²) in [6, 6.07) is 12.5. The van der Waals surface area contributed by atoms with Crippen molar-refractivity contribution in [3.05, 3.63) is 54.1 Å². The van der Waals surface area contributed by atoms with Crippen molar-refractivity contribution >= 4 is 34.9 Å².